The van der Waals surface area contributed by atoms with E-state index >= 15 is 0 Å². The minimum absolute atomic E-state index is 0.558. The summed E-state index contributed by atoms with van der Waals surface area (Å²) in [7, 11) is 0. The molecule has 9 rings (SSSR count). The third-order valence-electron chi connectivity index (χ3n) is 9.41. The lowest BCUT2D eigenvalue weighted by Gasteiger charge is -2.18. The van der Waals surface area contributed by atoms with Gasteiger partial charge in [-0.05, 0) is 71.3 Å². The summed E-state index contributed by atoms with van der Waals surface area (Å²) >= 11 is 0. The van der Waals surface area contributed by atoms with E-state index in [9.17, 15) is 10.5 Å². The highest BCUT2D eigenvalue weighted by Crippen LogP contribution is 2.41. The van der Waals surface area contributed by atoms with Gasteiger partial charge in [0.2, 0.25) is 0 Å². The molecule has 0 aliphatic rings. The van der Waals surface area contributed by atoms with Gasteiger partial charge in [0, 0.05) is 27.1 Å². The molecule has 9 aromatic rings. The van der Waals surface area contributed by atoms with Crippen LogP contribution in [0.15, 0.2) is 158 Å². The van der Waals surface area contributed by atoms with Gasteiger partial charge < -0.3 is 9.13 Å². The first-order valence-corrected chi connectivity index (χ1v) is 15.9. The van der Waals surface area contributed by atoms with Gasteiger partial charge in [0.15, 0.2) is 0 Å². The van der Waals surface area contributed by atoms with Crippen LogP contribution in [-0.4, -0.2) is 9.13 Å². The molecule has 0 saturated carbocycles. The van der Waals surface area contributed by atoms with Crippen molar-refractivity contribution < 1.29 is 0 Å². The summed E-state index contributed by atoms with van der Waals surface area (Å²) in [5.41, 5.74) is 11.1. The molecule has 0 fully saturated rings. The van der Waals surface area contributed by atoms with Crippen LogP contribution in [0, 0.1) is 22.7 Å². The Bertz CT molecular complexity index is 2710. The second-order valence-electron chi connectivity index (χ2n) is 12.0. The molecule has 4 heteroatoms. The largest absolute Gasteiger partial charge is 0.309 e. The van der Waals surface area contributed by atoms with Crippen LogP contribution in [-0.2, 0) is 0 Å². The van der Waals surface area contributed by atoms with Gasteiger partial charge in [0.1, 0.15) is 6.07 Å². The summed E-state index contributed by atoms with van der Waals surface area (Å²) in [5.74, 6) is 0. The second-order valence-corrected chi connectivity index (χ2v) is 12.0. The van der Waals surface area contributed by atoms with Crippen LogP contribution in [0.25, 0.3) is 77.2 Å². The molecule has 2 heterocycles. The van der Waals surface area contributed by atoms with E-state index in [-0.39, 0.29) is 0 Å². The van der Waals surface area contributed by atoms with Gasteiger partial charge in [-0.1, -0.05) is 103 Å². The predicted octanol–water partition coefficient (Wildman–Crippen LogP) is 11.0. The number of nitrogens with zero attached hydrogens (tertiary/aromatic N) is 4. The van der Waals surface area contributed by atoms with E-state index in [1.807, 2.05) is 54.6 Å². The van der Waals surface area contributed by atoms with Gasteiger partial charge in [-0.3, -0.25) is 0 Å². The van der Waals surface area contributed by atoms with Crippen molar-refractivity contribution in [1.82, 2.24) is 9.13 Å². The number of benzene rings is 7. The zero-order chi connectivity index (χ0) is 32.2. The molecular formula is C44H26N4. The first-order valence-electron chi connectivity index (χ1n) is 15.9. The smallest absolute Gasteiger partial charge is 0.101 e. The van der Waals surface area contributed by atoms with Crippen LogP contribution in [0.1, 0.15) is 11.1 Å². The van der Waals surface area contributed by atoms with E-state index in [0.717, 1.165) is 66.5 Å². The molecule has 222 valence electrons. The van der Waals surface area contributed by atoms with Gasteiger partial charge in [0.05, 0.1) is 50.6 Å². The minimum atomic E-state index is 0.558. The van der Waals surface area contributed by atoms with Crippen LogP contribution in [0.2, 0.25) is 0 Å². The van der Waals surface area contributed by atoms with E-state index in [4.69, 9.17) is 0 Å². The SMILES string of the molecule is N#Cc1ccc(-c2ccccc2-n2c3ccccc3c3ccccc32)c(-c2ccc(-n3c4ccccc4c4ccccc43)c(C#N)c2)c1. The lowest BCUT2D eigenvalue weighted by atomic mass is 9.91. The number of rotatable bonds is 4. The summed E-state index contributed by atoms with van der Waals surface area (Å²) in [5, 5.41) is 25.2. The summed E-state index contributed by atoms with van der Waals surface area (Å²) < 4.78 is 4.51. The Kier molecular flexibility index (Phi) is 6.22. The van der Waals surface area contributed by atoms with E-state index in [1.165, 1.54) is 10.8 Å². The van der Waals surface area contributed by atoms with Crippen LogP contribution < -0.4 is 0 Å². The van der Waals surface area contributed by atoms with Crippen molar-refractivity contribution in [1.29, 1.82) is 10.5 Å². The van der Waals surface area contributed by atoms with Crippen LogP contribution >= 0.6 is 0 Å². The van der Waals surface area contributed by atoms with Crippen molar-refractivity contribution in [2.24, 2.45) is 0 Å². The molecule has 0 radical (unpaired) electrons. The number of nitriles is 2. The Morgan fingerprint density at radius 3 is 1.42 bits per heavy atom. The van der Waals surface area contributed by atoms with Crippen molar-refractivity contribution >= 4 is 43.6 Å². The maximum absolute atomic E-state index is 10.6. The highest BCUT2D eigenvalue weighted by molar-refractivity contribution is 6.11. The summed E-state index contributed by atoms with van der Waals surface area (Å²) in [6.07, 6.45) is 0. The lowest BCUT2D eigenvalue weighted by Crippen LogP contribution is -2.00. The Morgan fingerprint density at radius 2 is 0.875 bits per heavy atom. The Morgan fingerprint density at radius 1 is 0.375 bits per heavy atom. The Labute approximate surface area is 277 Å². The topological polar surface area (TPSA) is 57.4 Å². The quantitative estimate of drug-likeness (QED) is 0.199. The summed E-state index contributed by atoms with van der Waals surface area (Å²) in [6.45, 7) is 0. The molecule has 0 aliphatic carbocycles. The number of para-hydroxylation sites is 5. The minimum Gasteiger partial charge on any atom is -0.309 e. The van der Waals surface area contributed by atoms with Crippen LogP contribution in [0.4, 0.5) is 0 Å². The van der Waals surface area contributed by atoms with Crippen molar-refractivity contribution in [3.63, 3.8) is 0 Å². The van der Waals surface area contributed by atoms with Crippen LogP contribution in [0.5, 0.6) is 0 Å². The molecule has 0 aliphatic heterocycles. The molecule has 4 nitrogen and oxygen atoms in total. The number of hydrogen-bond donors (Lipinski definition) is 0. The maximum Gasteiger partial charge on any atom is 0.101 e. The fourth-order valence-corrected chi connectivity index (χ4v) is 7.34. The molecule has 7 aromatic carbocycles. The zero-order valence-corrected chi connectivity index (χ0v) is 25.8. The van der Waals surface area contributed by atoms with Crippen molar-refractivity contribution in [3.8, 4) is 45.8 Å². The standard InChI is InChI=1S/C44H26N4/c45-27-29-21-23-32(33-11-1-6-16-40(33)48-43-19-9-4-14-36(43)37-15-5-10-20-44(37)48)38(25-29)30-22-24-39(31(26-30)28-46)47-41-17-7-2-12-34(41)35-13-3-8-18-42(35)47/h1-26H. The van der Waals surface area contributed by atoms with Crippen molar-refractivity contribution in [2.45, 2.75) is 0 Å². The predicted molar refractivity (Wildman–Crippen MR) is 195 cm³/mol. The fourth-order valence-electron chi connectivity index (χ4n) is 7.34. The molecule has 0 bridgehead atoms. The van der Waals surface area contributed by atoms with Gasteiger partial charge in [0.25, 0.3) is 0 Å². The molecule has 0 amide bonds. The third kappa shape index (κ3) is 4.07. The van der Waals surface area contributed by atoms with Crippen molar-refractivity contribution in [2.75, 3.05) is 0 Å². The van der Waals surface area contributed by atoms with Gasteiger partial charge >= 0.3 is 0 Å². The zero-order valence-electron chi connectivity index (χ0n) is 25.8. The highest BCUT2D eigenvalue weighted by Gasteiger charge is 2.20. The fraction of sp³-hybridized carbons (Fsp3) is 0. The van der Waals surface area contributed by atoms with Crippen molar-refractivity contribution in [3.05, 3.63) is 169 Å². The number of hydrogen-bond acceptors (Lipinski definition) is 2. The Hall–Kier alpha value is -6.88. The van der Waals surface area contributed by atoms with E-state index in [0.29, 0.717) is 11.1 Å². The molecule has 2 aromatic heterocycles. The van der Waals surface area contributed by atoms with E-state index in [1.54, 1.807) is 0 Å². The molecule has 0 N–H and O–H groups in total. The average Bonchev–Trinajstić information content (AvgIpc) is 3.67. The van der Waals surface area contributed by atoms with Gasteiger partial charge in [-0.15, -0.1) is 0 Å². The van der Waals surface area contributed by atoms with E-state index < -0.39 is 0 Å². The number of aromatic nitrogens is 2. The molecule has 0 saturated heterocycles. The highest BCUT2D eigenvalue weighted by atomic mass is 15.0. The third-order valence-corrected chi connectivity index (χ3v) is 9.41. The number of fused-ring (bicyclic) bond motifs is 6. The maximum atomic E-state index is 10.6. The lowest BCUT2D eigenvalue weighted by molar-refractivity contribution is 1.17. The van der Waals surface area contributed by atoms with Gasteiger partial charge in [-0.2, -0.15) is 10.5 Å². The second kappa shape index (κ2) is 10.9. The van der Waals surface area contributed by atoms with Gasteiger partial charge in [-0.25, -0.2) is 0 Å². The normalized spacial score (nSPS) is 11.3. The molecule has 0 spiro atoms. The first-order chi connectivity index (χ1) is 23.7. The molecule has 48 heavy (non-hydrogen) atoms. The first kappa shape index (κ1) is 27.4. The molecule has 0 unspecified atom stereocenters. The van der Waals surface area contributed by atoms with Crippen LogP contribution in [0.3, 0.4) is 0 Å². The molecular weight excluding hydrogens is 585 g/mol. The summed E-state index contributed by atoms with van der Waals surface area (Å²) in [6, 6.07) is 58.8. The molecule has 0 atom stereocenters. The Balaban J connectivity index is 1.28. The summed E-state index contributed by atoms with van der Waals surface area (Å²) in [4.78, 5) is 0. The monoisotopic (exact) mass is 610 g/mol. The average molecular weight is 611 g/mol. The van der Waals surface area contributed by atoms with E-state index in [2.05, 4.69) is 124 Å².